The van der Waals surface area contributed by atoms with E-state index < -0.39 is 0 Å². The van der Waals surface area contributed by atoms with Gasteiger partial charge in [-0.05, 0) is 50.6 Å². The van der Waals surface area contributed by atoms with Crippen molar-refractivity contribution in [3.63, 3.8) is 0 Å². The van der Waals surface area contributed by atoms with E-state index in [9.17, 15) is 0 Å². The molecule has 0 amide bonds. The standard InChI is InChI=1S/C21H30N2O3/c1-16(2)25-19-7-5-18(6-8-19)14-22-15-20(21-9-4-17(3)26-21)23-10-12-24-13-11-23/h4-9,16,20,22H,10-15H2,1-3H3. The largest absolute Gasteiger partial charge is 0.491 e. The smallest absolute Gasteiger partial charge is 0.122 e. The molecule has 1 aliphatic rings. The van der Waals surface area contributed by atoms with Crippen molar-refractivity contribution in [2.24, 2.45) is 0 Å². The van der Waals surface area contributed by atoms with Gasteiger partial charge in [-0.25, -0.2) is 0 Å². The van der Waals surface area contributed by atoms with Crippen LogP contribution in [0.3, 0.4) is 0 Å². The zero-order chi connectivity index (χ0) is 18.4. The first-order valence-corrected chi connectivity index (χ1v) is 9.46. The molecule has 0 spiro atoms. The van der Waals surface area contributed by atoms with E-state index in [4.69, 9.17) is 13.9 Å². The van der Waals surface area contributed by atoms with Gasteiger partial charge in [0.1, 0.15) is 17.3 Å². The second-order valence-corrected chi connectivity index (χ2v) is 7.05. The Bertz CT molecular complexity index is 660. The third-order valence-electron chi connectivity index (χ3n) is 4.54. The number of aryl methyl sites for hydroxylation is 1. The summed E-state index contributed by atoms with van der Waals surface area (Å²) in [5.41, 5.74) is 1.25. The molecule has 1 saturated heterocycles. The summed E-state index contributed by atoms with van der Waals surface area (Å²) in [5.74, 6) is 2.90. The van der Waals surface area contributed by atoms with Crippen LogP contribution in [0, 0.1) is 6.92 Å². The number of benzene rings is 1. The fourth-order valence-corrected chi connectivity index (χ4v) is 3.24. The van der Waals surface area contributed by atoms with Crippen LogP contribution in [0.2, 0.25) is 0 Å². The first kappa shape index (κ1) is 19.0. The van der Waals surface area contributed by atoms with Crippen LogP contribution in [-0.2, 0) is 11.3 Å². The Morgan fingerprint density at radius 1 is 1.08 bits per heavy atom. The summed E-state index contributed by atoms with van der Waals surface area (Å²) < 4.78 is 17.1. The number of hydrogen-bond acceptors (Lipinski definition) is 5. The molecule has 1 aliphatic heterocycles. The Hall–Kier alpha value is -1.82. The zero-order valence-corrected chi connectivity index (χ0v) is 16.0. The van der Waals surface area contributed by atoms with Gasteiger partial charge in [-0.3, -0.25) is 4.90 Å². The lowest BCUT2D eigenvalue weighted by molar-refractivity contribution is 0.0115. The maximum atomic E-state index is 5.92. The van der Waals surface area contributed by atoms with Crippen LogP contribution in [0.15, 0.2) is 40.8 Å². The van der Waals surface area contributed by atoms with Crippen LogP contribution in [0.5, 0.6) is 5.75 Å². The Balaban J connectivity index is 1.57. The molecule has 3 rings (SSSR count). The molecule has 2 heterocycles. The van der Waals surface area contributed by atoms with Gasteiger partial charge in [-0.15, -0.1) is 0 Å². The summed E-state index contributed by atoms with van der Waals surface area (Å²) in [6.45, 7) is 11.2. The van der Waals surface area contributed by atoms with E-state index in [2.05, 4.69) is 28.4 Å². The van der Waals surface area contributed by atoms with Gasteiger partial charge in [-0.2, -0.15) is 0 Å². The van der Waals surface area contributed by atoms with E-state index >= 15 is 0 Å². The molecule has 2 aromatic rings. The molecule has 0 bridgehead atoms. The minimum Gasteiger partial charge on any atom is -0.491 e. The molecule has 26 heavy (non-hydrogen) atoms. The highest BCUT2D eigenvalue weighted by Gasteiger charge is 2.24. The fraction of sp³-hybridized carbons (Fsp3) is 0.524. The van der Waals surface area contributed by atoms with Gasteiger partial charge in [0.05, 0.1) is 25.4 Å². The summed E-state index contributed by atoms with van der Waals surface area (Å²) in [4.78, 5) is 2.44. The van der Waals surface area contributed by atoms with Crippen molar-refractivity contribution in [3.05, 3.63) is 53.5 Å². The normalized spacial score (nSPS) is 16.8. The minimum atomic E-state index is 0.199. The van der Waals surface area contributed by atoms with Gasteiger partial charge in [0, 0.05) is 26.2 Å². The van der Waals surface area contributed by atoms with Crippen molar-refractivity contribution in [1.82, 2.24) is 10.2 Å². The van der Waals surface area contributed by atoms with Crippen LogP contribution >= 0.6 is 0 Å². The number of morpholine rings is 1. The Kier molecular flexibility index (Phi) is 6.72. The monoisotopic (exact) mass is 358 g/mol. The SMILES string of the molecule is Cc1ccc(C(CNCc2ccc(OC(C)C)cc2)N2CCOCC2)o1. The van der Waals surface area contributed by atoms with Crippen molar-refractivity contribution in [1.29, 1.82) is 0 Å². The Morgan fingerprint density at radius 2 is 1.81 bits per heavy atom. The lowest BCUT2D eigenvalue weighted by atomic mass is 10.1. The molecule has 1 aromatic heterocycles. The molecule has 1 unspecified atom stereocenters. The summed E-state index contributed by atoms with van der Waals surface area (Å²) in [7, 11) is 0. The van der Waals surface area contributed by atoms with Crippen molar-refractivity contribution < 1.29 is 13.9 Å². The quantitative estimate of drug-likeness (QED) is 0.782. The van der Waals surface area contributed by atoms with Crippen LogP contribution in [-0.4, -0.2) is 43.9 Å². The van der Waals surface area contributed by atoms with Crippen molar-refractivity contribution >= 4 is 0 Å². The van der Waals surface area contributed by atoms with Crippen molar-refractivity contribution in [2.45, 2.75) is 39.5 Å². The first-order chi connectivity index (χ1) is 12.6. The molecule has 5 heteroatoms. The van der Waals surface area contributed by atoms with Crippen molar-refractivity contribution in [3.8, 4) is 5.75 Å². The molecule has 1 atom stereocenters. The van der Waals surface area contributed by atoms with E-state index in [1.807, 2.05) is 39.0 Å². The number of rotatable bonds is 8. The van der Waals surface area contributed by atoms with Gasteiger partial charge in [0.2, 0.25) is 0 Å². The zero-order valence-electron chi connectivity index (χ0n) is 16.0. The van der Waals surface area contributed by atoms with Crippen LogP contribution in [0.4, 0.5) is 0 Å². The molecule has 0 radical (unpaired) electrons. The molecule has 5 nitrogen and oxygen atoms in total. The molecule has 1 aromatic carbocycles. The highest BCUT2D eigenvalue weighted by Crippen LogP contribution is 2.23. The van der Waals surface area contributed by atoms with Gasteiger partial charge in [-0.1, -0.05) is 12.1 Å². The minimum absolute atomic E-state index is 0.199. The molecular formula is C21H30N2O3. The predicted octanol–water partition coefficient (Wildman–Crippen LogP) is 3.54. The number of hydrogen-bond donors (Lipinski definition) is 1. The van der Waals surface area contributed by atoms with Gasteiger partial charge < -0.3 is 19.2 Å². The average molecular weight is 358 g/mol. The number of nitrogens with one attached hydrogen (secondary N) is 1. The Morgan fingerprint density at radius 3 is 2.42 bits per heavy atom. The summed E-state index contributed by atoms with van der Waals surface area (Å²) >= 11 is 0. The second-order valence-electron chi connectivity index (χ2n) is 7.05. The van der Waals surface area contributed by atoms with Crippen LogP contribution in [0.1, 0.15) is 37.0 Å². The van der Waals surface area contributed by atoms with Gasteiger partial charge >= 0.3 is 0 Å². The van der Waals surface area contributed by atoms with E-state index in [-0.39, 0.29) is 12.1 Å². The molecule has 0 aliphatic carbocycles. The Labute approximate surface area is 156 Å². The summed E-state index contributed by atoms with van der Waals surface area (Å²) in [6, 6.07) is 12.7. The summed E-state index contributed by atoms with van der Waals surface area (Å²) in [6.07, 6.45) is 0.199. The fourth-order valence-electron chi connectivity index (χ4n) is 3.24. The highest BCUT2D eigenvalue weighted by atomic mass is 16.5. The summed E-state index contributed by atoms with van der Waals surface area (Å²) in [5, 5.41) is 3.58. The van der Waals surface area contributed by atoms with E-state index in [1.54, 1.807) is 0 Å². The first-order valence-electron chi connectivity index (χ1n) is 9.46. The topological polar surface area (TPSA) is 46.9 Å². The average Bonchev–Trinajstić information content (AvgIpc) is 3.06. The lowest BCUT2D eigenvalue weighted by Gasteiger charge is -2.33. The predicted molar refractivity (Wildman–Crippen MR) is 102 cm³/mol. The lowest BCUT2D eigenvalue weighted by Crippen LogP contribution is -2.42. The molecular weight excluding hydrogens is 328 g/mol. The van der Waals surface area contributed by atoms with Crippen LogP contribution < -0.4 is 10.1 Å². The van der Waals surface area contributed by atoms with Crippen LogP contribution in [0.25, 0.3) is 0 Å². The van der Waals surface area contributed by atoms with Gasteiger partial charge in [0.15, 0.2) is 0 Å². The third kappa shape index (κ3) is 5.34. The number of nitrogens with zero attached hydrogens (tertiary/aromatic N) is 1. The molecule has 1 N–H and O–H groups in total. The maximum Gasteiger partial charge on any atom is 0.122 e. The van der Waals surface area contributed by atoms with E-state index in [1.165, 1.54) is 5.56 Å². The second kappa shape index (κ2) is 9.21. The molecule has 142 valence electrons. The molecule has 1 fully saturated rings. The third-order valence-corrected chi connectivity index (χ3v) is 4.54. The number of ether oxygens (including phenoxy) is 2. The number of furan rings is 1. The van der Waals surface area contributed by atoms with E-state index in [0.29, 0.717) is 0 Å². The maximum absolute atomic E-state index is 5.92. The van der Waals surface area contributed by atoms with Gasteiger partial charge in [0.25, 0.3) is 0 Å². The molecule has 0 saturated carbocycles. The van der Waals surface area contributed by atoms with Crippen molar-refractivity contribution in [2.75, 3.05) is 32.8 Å². The highest BCUT2D eigenvalue weighted by molar-refractivity contribution is 5.27. The van der Waals surface area contributed by atoms with E-state index in [0.717, 1.165) is 56.7 Å².